The molecule has 0 radical (unpaired) electrons. The van der Waals surface area contributed by atoms with E-state index in [0.29, 0.717) is 15.6 Å². The summed E-state index contributed by atoms with van der Waals surface area (Å²) in [6.07, 6.45) is 2.91. The Morgan fingerprint density at radius 1 is 1.30 bits per heavy atom. The Kier molecular flexibility index (Phi) is 4.16. The molecule has 1 aromatic heterocycles. The zero-order chi connectivity index (χ0) is 14.9. The number of carbonyl (C=O) groups is 1. The molecule has 4 nitrogen and oxygen atoms in total. The van der Waals surface area contributed by atoms with Crippen LogP contribution in [-0.2, 0) is 4.79 Å². The van der Waals surface area contributed by atoms with Crippen molar-refractivity contribution in [1.29, 1.82) is 0 Å². The van der Waals surface area contributed by atoms with Crippen LogP contribution in [0.2, 0.25) is 10.0 Å². The van der Waals surface area contributed by atoms with E-state index in [2.05, 4.69) is 10.1 Å². The van der Waals surface area contributed by atoms with Crippen LogP contribution in [0.15, 0.2) is 30.9 Å². The molecule has 0 fully saturated rings. The van der Waals surface area contributed by atoms with Gasteiger partial charge in [0.15, 0.2) is 5.78 Å². The van der Waals surface area contributed by atoms with Gasteiger partial charge in [0.25, 0.3) is 0 Å². The van der Waals surface area contributed by atoms with E-state index >= 15 is 0 Å². The Hall–Kier alpha value is -1.39. The minimum atomic E-state index is -0.609. The average Bonchev–Trinajstić information content (AvgIpc) is 2.84. The Morgan fingerprint density at radius 2 is 2.00 bits per heavy atom. The second-order valence-electron chi connectivity index (χ2n) is 5.56. The summed E-state index contributed by atoms with van der Waals surface area (Å²) >= 11 is 12.1. The van der Waals surface area contributed by atoms with Gasteiger partial charge in [-0.25, -0.2) is 9.67 Å². The van der Waals surface area contributed by atoms with Gasteiger partial charge in [-0.3, -0.25) is 4.79 Å². The van der Waals surface area contributed by atoms with Crippen LogP contribution in [0.5, 0.6) is 0 Å². The fraction of sp³-hybridized carbons (Fsp3) is 0.357. The van der Waals surface area contributed by atoms with E-state index in [1.807, 2.05) is 20.8 Å². The van der Waals surface area contributed by atoms with Gasteiger partial charge >= 0.3 is 0 Å². The minimum Gasteiger partial charge on any atom is -0.296 e. The van der Waals surface area contributed by atoms with E-state index in [0.717, 1.165) is 0 Å². The number of ketones is 1. The molecule has 0 aliphatic heterocycles. The lowest BCUT2D eigenvalue weighted by Gasteiger charge is -2.25. The normalized spacial score (nSPS) is 13.2. The molecule has 2 aromatic rings. The number of halogens is 2. The van der Waals surface area contributed by atoms with Gasteiger partial charge in [0.05, 0.1) is 0 Å². The van der Waals surface area contributed by atoms with Crippen LogP contribution in [-0.4, -0.2) is 20.5 Å². The topological polar surface area (TPSA) is 47.8 Å². The highest BCUT2D eigenvalue weighted by Gasteiger charge is 2.33. The van der Waals surface area contributed by atoms with Crippen molar-refractivity contribution in [2.45, 2.75) is 26.8 Å². The first-order valence-corrected chi connectivity index (χ1v) is 6.89. The number of rotatable bonds is 3. The molecule has 0 bridgehead atoms. The first-order valence-electron chi connectivity index (χ1n) is 6.14. The van der Waals surface area contributed by atoms with Gasteiger partial charge in [-0.2, -0.15) is 5.10 Å². The standard InChI is InChI=1S/C14H15Cl2N3O/c1-14(2,3)13(20)12(19-8-17-7-18-19)10-5-4-9(15)6-11(10)16/h4-8,12H,1-3H3. The monoisotopic (exact) mass is 311 g/mol. The van der Waals surface area contributed by atoms with Gasteiger partial charge in [-0.1, -0.05) is 50.0 Å². The van der Waals surface area contributed by atoms with Crippen molar-refractivity contribution in [3.63, 3.8) is 0 Å². The number of aromatic nitrogens is 3. The molecule has 6 heteroatoms. The Bertz CT molecular complexity index is 618. The van der Waals surface area contributed by atoms with Gasteiger partial charge in [0.2, 0.25) is 0 Å². The van der Waals surface area contributed by atoms with Crippen molar-refractivity contribution >= 4 is 29.0 Å². The summed E-state index contributed by atoms with van der Waals surface area (Å²) in [6, 6.07) is 4.48. The van der Waals surface area contributed by atoms with E-state index in [1.165, 1.54) is 17.3 Å². The maximum atomic E-state index is 12.7. The lowest BCUT2D eigenvalue weighted by Crippen LogP contribution is -2.31. The Morgan fingerprint density at radius 3 is 2.50 bits per heavy atom. The van der Waals surface area contributed by atoms with Crippen molar-refractivity contribution in [3.05, 3.63) is 46.5 Å². The second kappa shape index (κ2) is 5.54. The van der Waals surface area contributed by atoms with Crippen LogP contribution < -0.4 is 0 Å². The molecule has 106 valence electrons. The van der Waals surface area contributed by atoms with E-state index in [4.69, 9.17) is 23.2 Å². The highest BCUT2D eigenvalue weighted by atomic mass is 35.5. The predicted octanol–water partition coefficient (Wildman–Crippen LogP) is 3.79. The molecule has 0 aliphatic carbocycles. The second-order valence-corrected chi connectivity index (χ2v) is 6.40. The molecule has 1 atom stereocenters. The van der Waals surface area contributed by atoms with Crippen molar-refractivity contribution in [1.82, 2.24) is 14.8 Å². The van der Waals surface area contributed by atoms with E-state index in [9.17, 15) is 4.79 Å². The van der Waals surface area contributed by atoms with Gasteiger partial charge in [0, 0.05) is 21.0 Å². The maximum absolute atomic E-state index is 12.7. The fourth-order valence-corrected chi connectivity index (χ4v) is 2.40. The van der Waals surface area contributed by atoms with E-state index in [1.54, 1.807) is 18.2 Å². The van der Waals surface area contributed by atoms with Crippen LogP contribution in [0.25, 0.3) is 0 Å². The van der Waals surface area contributed by atoms with Gasteiger partial charge in [-0.05, 0) is 12.1 Å². The van der Waals surface area contributed by atoms with Crippen LogP contribution in [0.1, 0.15) is 32.4 Å². The van der Waals surface area contributed by atoms with E-state index in [-0.39, 0.29) is 5.78 Å². The SMILES string of the molecule is CC(C)(C)C(=O)C(c1ccc(Cl)cc1Cl)n1cncn1. The number of benzene rings is 1. The van der Waals surface area contributed by atoms with E-state index < -0.39 is 11.5 Å². The third kappa shape index (κ3) is 3.02. The number of nitrogens with zero attached hydrogens (tertiary/aromatic N) is 3. The highest BCUT2D eigenvalue weighted by Crippen LogP contribution is 2.33. The Balaban J connectivity index is 2.55. The zero-order valence-electron chi connectivity index (χ0n) is 11.5. The summed E-state index contributed by atoms with van der Waals surface area (Å²) in [6.45, 7) is 5.59. The maximum Gasteiger partial charge on any atom is 0.167 e. The number of Topliss-reactive ketones (excluding diaryl/α,β-unsaturated/α-hetero) is 1. The highest BCUT2D eigenvalue weighted by molar-refractivity contribution is 6.35. The van der Waals surface area contributed by atoms with Gasteiger partial charge in [-0.15, -0.1) is 0 Å². The first-order chi connectivity index (χ1) is 9.30. The minimum absolute atomic E-state index is 0.00669. The van der Waals surface area contributed by atoms with Crippen molar-refractivity contribution < 1.29 is 4.79 Å². The number of hydrogen-bond acceptors (Lipinski definition) is 3. The number of hydrogen-bond donors (Lipinski definition) is 0. The molecule has 1 heterocycles. The molecule has 0 amide bonds. The summed E-state index contributed by atoms with van der Waals surface area (Å²) in [7, 11) is 0. The molecule has 0 aliphatic rings. The average molecular weight is 312 g/mol. The third-order valence-corrected chi connectivity index (χ3v) is 3.51. The summed E-state index contributed by atoms with van der Waals surface area (Å²) in [5.74, 6) is 0.00669. The lowest BCUT2D eigenvalue weighted by molar-refractivity contribution is -0.128. The van der Waals surface area contributed by atoms with Crippen LogP contribution in [0.3, 0.4) is 0 Å². The molecular formula is C14H15Cl2N3O. The Labute approximate surface area is 127 Å². The molecular weight excluding hydrogens is 297 g/mol. The summed E-state index contributed by atoms with van der Waals surface area (Å²) < 4.78 is 1.52. The lowest BCUT2D eigenvalue weighted by atomic mass is 9.84. The van der Waals surface area contributed by atoms with Crippen molar-refractivity contribution in [2.24, 2.45) is 5.41 Å². The fourth-order valence-electron chi connectivity index (χ4n) is 1.89. The molecule has 1 unspecified atom stereocenters. The summed E-state index contributed by atoms with van der Waals surface area (Å²) in [5.41, 5.74) is 0.140. The molecule has 20 heavy (non-hydrogen) atoms. The van der Waals surface area contributed by atoms with Crippen LogP contribution in [0, 0.1) is 5.41 Å². The third-order valence-electron chi connectivity index (χ3n) is 2.95. The largest absolute Gasteiger partial charge is 0.296 e. The quantitative estimate of drug-likeness (QED) is 0.866. The zero-order valence-corrected chi connectivity index (χ0v) is 13.0. The molecule has 2 rings (SSSR count). The smallest absolute Gasteiger partial charge is 0.167 e. The van der Waals surface area contributed by atoms with Crippen molar-refractivity contribution in [2.75, 3.05) is 0 Å². The van der Waals surface area contributed by atoms with Crippen molar-refractivity contribution in [3.8, 4) is 0 Å². The van der Waals surface area contributed by atoms with Crippen LogP contribution in [0.4, 0.5) is 0 Å². The molecule has 0 N–H and O–H groups in total. The summed E-state index contributed by atoms with van der Waals surface area (Å²) in [5, 5.41) is 5.05. The van der Waals surface area contributed by atoms with Crippen LogP contribution >= 0.6 is 23.2 Å². The predicted molar refractivity (Wildman–Crippen MR) is 79.1 cm³/mol. The van der Waals surface area contributed by atoms with Gasteiger partial charge < -0.3 is 0 Å². The molecule has 1 aromatic carbocycles. The first kappa shape index (κ1) is 15.0. The molecule has 0 spiro atoms. The molecule has 0 saturated carbocycles. The van der Waals surface area contributed by atoms with Gasteiger partial charge in [0.1, 0.15) is 18.7 Å². The number of carbonyl (C=O) groups excluding carboxylic acids is 1. The summed E-state index contributed by atoms with van der Waals surface area (Å²) in [4.78, 5) is 16.6. The molecule has 0 saturated heterocycles.